The Hall–Kier alpha value is -0.860. The van der Waals surface area contributed by atoms with Crippen LogP contribution in [0.3, 0.4) is 0 Å². The van der Waals surface area contributed by atoms with Gasteiger partial charge in [0.15, 0.2) is 0 Å². The number of unbranched alkanes of at least 4 members (excludes halogenated alkanes) is 7. The smallest absolute Gasteiger partial charge is 0.00719 e. The van der Waals surface area contributed by atoms with Crippen LogP contribution in [0.25, 0.3) is 0 Å². The minimum absolute atomic E-state index is 1.26. The molecule has 0 heterocycles. The predicted molar refractivity (Wildman–Crippen MR) is 111 cm³/mol. The number of thioether (sulfide) groups is 2. The summed E-state index contributed by atoms with van der Waals surface area (Å²) in [5.41, 5.74) is 0. The first kappa shape index (κ1) is 19.5. The van der Waals surface area contributed by atoms with Crippen molar-refractivity contribution in [2.75, 3.05) is 11.5 Å². The van der Waals surface area contributed by atoms with Crippen molar-refractivity contribution in [1.29, 1.82) is 0 Å². The summed E-state index contributed by atoms with van der Waals surface area (Å²) in [6.45, 7) is 0. The minimum Gasteiger partial charge on any atom is -0.126 e. The highest BCUT2D eigenvalue weighted by atomic mass is 32.2. The van der Waals surface area contributed by atoms with Crippen LogP contribution in [0.15, 0.2) is 70.5 Å². The Balaban J connectivity index is 1.32. The molecule has 2 rings (SSSR count). The number of benzene rings is 2. The molecule has 0 aliphatic heterocycles. The first-order valence-electron chi connectivity index (χ1n) is 9.31. The lowest BCUT2D eigenvalue weighted by molar-refractivity contribution is 0.587. The van der Waals surface area contributed by atoms with Gasteiger partial charge in [0, 0.05) is 9.79 Å². The zero-order valence-electron chi connectivity index (χ0n) is 14.7. The molecular weight excluding hydrogens is 328 g/mol. The summed E-state index contributed by atoms with van der Waals surface area (Å²) in [6.07, 6.45) is 11.2. The molecule has 0 N–H and O–H groups in total. The summed E-state index contributed by atoms with van der Waals surface area (Å²) in [7, 11) is 0. The summed E-state index contributed by atoms with van der Waals surface area (Å²) in [6, 6.07) is 21.5. The van der Waals surface area contributed by atoms with Crippen molar-refractivity contribution in [2.24, 2.45) is 0 Å². The summed E-state index contributed by atoms with van der Waals surface area (Å²) in [5.74, 6) is 2.53. The second kappa shape index (κ2) is 13.4. The Bertz CT molecular complexity index is 461. The van der Waals surface area contributed by atoms with Crippen LogP contribution in [0.4, 0.5) is 0 Å². The lowest BCUT2D eigenvalue weighted by atomic mass is 10.1. The first-order chi connectivity index (χ1) is 11.9. The van der Waals surface area contributed by atoms with Crippen LogP contribution in [0.1, 0.15) is 51.4 Å². The molecule has 0 atom stereocenters. The molecule has 0 saturated carbocycles. The van der Waals surface area contributed by atoms with Gasteiger partial charge in [-0.2, -0.15) is 0 Å². The van der Waals surface area contributed by atoms with Gasteiger partial charge < -0.3 is 0 Å². The molecule has 0 aliphatic rings. The first-order valence-corrected chi connectivity index (χ1v) is 11.3. The SMILES string of the molecule is c1ccc(SCCCCCCCCCCSc2ccccc2)cc1. The third-order valence-corrected chi connectivity index (χ3v) is 6.26. The second-order valence-electron chi connectivity index (χ2n) is 6.15. The fourth-order valence-corrected chi connectivity index (χ4v) is 4.55. The fourth-order valence-electron chi connectivity index (χ4n) is 2.68. The maximum absolute atomic E-state index is 2.21. The molecule has 24 heavy (non-hydrogen) atoms. The third-order valence-electron chi connectivity index (χ3n) is 4.06. The van der Waals surface area contributed by atoms with E-state index in [-0.39, 0.29) is 0 Å². The molecule has 0 fully saturated rings. The fraction of sp³-hybridized carbons (Fsp3) is 0.455. The topological polar surface area (TPSA) is 0 Å². The number of rotatable bonds is 13. The molecule has 2 aromatic rings. The van der Waals surface area contributed by atoms with Gasteiger partial charge in [0.1, 0.15) is 0 Å². The Morgan fingerprint density at radius 1 is 0.417 bits per heavy atom. The Kier molecular flexibility index (Phi) is 10.9. The average molecular weight is 359 g/mol. The third kappa shape index (κ3) is 9.44. The predicted octanol–water partition coefficient (Wildman–Crippen LogP) is 7.69. The van der Waals surface area contributed by atoms with E-state index in [2.05, 4.69) is 60.7 Å². The van der Waals surface area contributed by atoms with E-state index in [9.17, 15) is 0 Å². The van der Waals surface area contributed by atoms with Crippen molar-refractivity contribution in [1.82, 2.24) is 0 Å². The zero-order chi connectivity index (χ0) is 16.7. The second-order valence-corrected chi connectivity index (χ2v) is 8.49. The van der Waals surface area contributed by atoms with Crippen molar-refractivity contribution >= 4 is 23.5 Å². The highest BCUT2D eigenvalue weighted by molar-refractivity contribution is 7.99. The molecule has 0 spiro atoms. The Morgan fingerprint density at radius 2 is 0.750 bits per heavy atom. The van der Waals surface area contributed by atoms with Gasteiger partial charge in [-0.3, -0.25) is 0 Å². The van der Waals surface area contributed by atoms with E-state index in [1.165, 1.54) is 72.7 Å². The van der Waals surface area contributed by atoms with Gasteiger partial charge in [0.25, 0.3) is 0 Å². The average Bonchev–Trinajstić information content (AvgIpc) is 2.64. The molecule has 0 aromatic heterocycles. The van der Waals surface area contributed by atoms with E-state index in [1.807, 2.05) is 23.5 Å². The summed E-state index contributed by atoms with van der Waals surface area (Å²) in [4.78, 5) is 2.82. The monoisotopic (exact) mass is 358 g/mol. The largest absolute Gasteiger partial charge is 0.126 e. The molecule has 0 saturated heterocycles. The number of hydrogen-bond donors (Lipinski definition) is 0. The van der Waals surface area contributed by atoms with Gasteiger partial charge in [0.05, 0.1) is 0 Å². The van der Waals surface area contributed by atoms with Crippen molar-refractivity contribution in [3.05, 3.63) is 60.7 Å². The Morgan fingerprint density at radius 3 is 1.12 bits per heavy atom. The van der Waals surface area contributed by atoms with Crippen LogP contribution in [0, 0.1) is 0 Å². The van der Waals surface area contributed by atoms with E-state index in [1.54, 1.807) is 0 Å². The van der Waals surface area contributed by atoms with E-state index < -0.39 is 0 Å². The van der Waals surface area contributed by atoms with E-state index in [4.69, 9.17) is 0 Å². The van der Waals surface area contributed by atoms with E-state index in [0.717, 1.165) is 0 Å². The van der Waals surface area contributed by atoms with Gasteiger partial charge in [-0.05, 0) is 48.6 Å². The molecule has 0 radical (unpaired) electrons. The number of hydrogen-bond acceptors (Lipinski definition) is 2. The standard InChI is InChI=1S/C22H30S2/c1(3-5-13-19-23-21-15-9-7-10-16-21)2-4-6-14-20-24-22-17-11-8-12-18-22/h7-12,15-18H,1-6,13-14,19-20H2. The van der Waals surface area contributed by atoms with Gasteiger partial charge in [-0.1, -0.05) is 74.9 Å². The van der Waals surface area contributed by atoms with Crippen LogP contribution in [0.5, 0.6) is 0 Å². The minimum atomic E-state index is 1.26. The normalized spacial score (nSPS) is 10.8. The maximum Gasteiger partial charge on any atom is 0.00719 e. The van der Waals surface area contributed by atoms with Crippen molar-refractivity contribution in [2.45, 2.75) is 61.2 Å². The quantitative estimate of drug-likeness (QED) is 0.266. The molecule has 0 nitrogen and oxygen atoms in total. The molecule has 2 aromatic carbocycles. The van der Waals surface area contributed by atoms with Crippen molar-refractivity contribution < 1.29 is 0 Å². The van der Waals surface area contributed by atoms with Crippen LogP contribution in [0.2, 0.25) is 0 Å². The highest BCUT2D eigenvalue weighted by Gasteiger charge is 1.96. The summed E-state index contributed by atoms with van der Waals surface area (Å²) in [5, 5.41) is 0. The lowest BCUT2D eigenvalue weighted by Crippen LogP contribution is -1.85. The molecule has 0 amide bonds. The Labute approximate surface area is 156 Å². The zero-order valence-corrected chi connectivity index (χ0v) is 16.3. The van der Waals surface area contributed by atoms with Crippen LogP contribution in [-0.2, 0) is 0 Å². The molecule has 0 bridgehead atoms. The maximum atomic E-state index is 2.21. The summed E-state index contributed by atoms with van der Waals surface area (Å²) >= 11 is 3.99. The summed E-state index contributed by atoms with van der Waals surface area (Å²) < 4.78 is 0. The van der Waals surface area contributed by atoms with Gasteiger partial charge >= 0.3 is 0 Å². The van der Waals surface area contributed by atoms with Crippen LogP contribution >= 0.6 is 23.5 Å². The van der Waals surface area contributed by atoms with E-state index in [0.29, 0.717) is 0 Å². The van der Waals surface area contributed by atoms with Gasteiger partial charge in [-0.15, -0.1) is 23.5 Å². The van der Waals surface area contributed by atoms with Crippen LogP contribution in [-0.4, -0.2) is 11.5 Å². The molecule has 0 unspecified atom stereocenters. The van der Waals surface area contributed by atoms with E-state index >= 15 is 0 Å². The van der Waals surface area contributed by atoms with Gasteiger partial charge in [-0.25, -0.2) is 0 Å². The highest BCUT2D eigenvalue weighted by Crippen LogP contribution is 2.20. The van der Waals surface area contributed by atoms with Crippen LogP contribution < -0.4 is 0 Å². The lowest BCUT2D eigenvalue weighted by Gasteiger charge is -2.04. The molecule has 0 aliphatic carbocycles. The molecular formula is C22H30S2. The molecule has 130 valence electrons. The van der Waals surface area contributed by atoms with Gasteiger partial charge in [0.2, 0.25) is 0 Å². The van der Waals surface area contributed by atoms with Crippen molar-refractivity contribution in [3.63, 3.8) is 0 Å². The van der Waals surface area contributed by atoms with Crippen molar-refractivity contribution in [3.8, 4) is 0 Å². The molecule has 2 heteroatoms.